The van der Waals surface area contributed by atoms with E-state index in [0.717, 1.165) is 11.3 Å². The van der Waals surface area contributed by atoms with Gasteiger partial charge in [0, 0.05) is 5.02 Å². The van der Waals surface area contributed by atoms with Gasteiger partial charge >= 0.3 is 0 Å². The van der Waals surface area contributed by atoms with E-state index in [-0.39, 0.29) is 5.91 Å². The van der Waals surface area contributed by atoms with Gasteiger partial charge in [-0.25, -0.2) is 0 Å². The van der Waals surface area contributed by atoms with Gasteiger partial charge in [-0.05, 0) is 41.3 Å². The molecule has 0 fully saturated rings. The van der Waals surface area contributed by atoms with Crippen molar-refractivity contribution in [3.8, 4) is 5.75 Å². The lowest BCUT2D eigenvalue weighted by Crippen LogP contribution is -2.29. The molecule has 2 aromatic rings. The third-order valence-electron chi connectivity index (χ3n) is 3.52. The molecule has 0 heterocycles. The highest BCUT2D eigenvalue weighted by Gasteiger charge is 2.03. The number of nitrogens with one attached hydrogen (secondary N) is 1. The van der Waals surface area contributed by atoms with Crippen LogP contribution in [0.1, 0.15) is 30.9 Å². The number of amides is 1. The second kappa shape index (κ2) is 8.59. The van der Waals surface area contributed by atoms with Crippen molar-refractivity contribution in [2.75, 3.05) is 13.2 Å². The van der Waals surface area contributed by atoms with E-state index in [9.17, 15) is 4.79 Å². The first-order valence-electron chi connectivity index (χ1n) is 7.78. The number of halogens is 1. The molecule has 0 atom stereocenters. The Morgan fingerprint density at radius 1 is 1.09 bits per heavy atom. The van der Waals surface area contributed by atoms with Gasteiger partial charge in [0.05, 0.1) is 13.0 Å². The molecule has 0 radical (unpaired) electrons. The number of hydrogen-bond donors (Lipinski definition) is 1. The minimum atomic E-state index is -0.0221. The van der Waals surface area contributed by atoms with Crippen LogP contribution in [-0.2, 0) is 11.2 Å². The van der Waals surface area contributed by atoms with E-state index in [1.165, 1.54) is 5.56 Å². The standard InChI is InChI=1S/C19H22ClNO2/c1-14(2)16-5-9-18(10-6-16)23-12-11-21-19(22)13-15-3-7-17(20)8-4-15/h3-10,14H,11-13H2,1-2H3,(H,21,22). The van der Waals surface area contributed by atoms with Gasteiger partial charge in [-0.2, -0.15) is 0 Å². The van der Waals surface area contributed by atoms with Crippen molar-refractivity contribution in [1.82, 2.24) is 5.32 Å². The van der Waals surface area contributed by atoms with Crippen LogP contribution in [0.25, 0.3) is 0 Å². The molecule has 0 aliphatic heterocycles. The highest BCUT2D eigenvalue weighted by atomic mass is 35.5. The lowest BCUT2D eigenvalue weighted by molar-refractivity contribution is -0.120. The van der Waals surface area contributed by atoms with Crippen LogP contribution in [-0.4, -0.2) is 19.1 Å². The van der Waals surface area contributed by atoms with Crippen molar-refractivity contribution in [1.29, 1.82) is 0 Å². The maximum absolute atomic E-state index is 11.8. The summed E-state index contributed by atoms with van der Waals surface area (Å²) in [6.45, 7) is 5.25. The Bertz CT molecular complexity index is 621. The zero-order valence-electron chi connectivity index (χ0n) is 13.5. The highest BCUT2D eigenvalue weighted by molar-refractivity contribution is 6.30. The molecule has 0 saturated heterocycles. The molecule has 0 aromatic heterocycles. The molecule has 23 heavy (non-hydrogen) atoms. The van der Waals surface area contributed by atoms with Gasteiger partial charge in [0.1, 0.15) is 12.4 Å². The summed E-state index contributed by atoms with van der Waals surface area (Å²) in [6.07, 6.45) is 0.347. The average Bonchev–Trinajstić information content (AvgIpc) is 2.54. The van der Waals surface area contributed by atoms with Crippen molar-refractivity contribution in [2.24, 2.45) is 0 Å². The zero-order valence-corrected chi connectivity index (χ0v) is 14.3. The van der Waals surface area contributed by atoms with Gasteiger partial charge in [0.25, 0.3) is 0 Å². The summed E-state index contributed by atoms with van der Waals surface area (Å²) in [4.78, 5) is 11.8. The summed E-state index contributed by atoms with van der Waals surface area (Å²) in [5.41, 5.74) is 2.23. The van der Waals surface area contributed by atoms with Crippen molar-refractivity contribution >= 4 is 17.5 Å². The number of carbonyl (C=O) groups is 1. The fraction of sp³-hybridized carbons (Fsp3) is 0.316. The van der Waals surface area contributed by atoms with Crippen LogP contribution >= 0.6 is 11.6 Å². The van der Waals surface area contributed by atoms with Gasteiger partial charge in [-0.3, -0.25) is 4.79 Å². The molecule has 0 aliphatic carbocycles. The first kappa shape index (κ1) is 17.4. The van der Waals surface area contributed by atoms with E-state index in [1.54, 1.807) is 12.1 Å². The van der Waals surface area contributed by atoms with E-state index >= 15 is 0 Å². The first-order valence-corrected chi connectivity index (χ1v) is 8.16. The van der Waals surface area contributed by atoms with Crippen LogP contribution in [0.15, 0.2) is 48.5 Å². The SMILES string of the molecule is CC(C)c1ccc(OCCNC(=O)Cc2ccc(Cl)cc2)cc1. The number of carbonyl (C=O) groups excluding carboxylic acids is 1. The van der Waals surface area contributed by atoms with E-state index in [4.69, 9.17) is 16.3 Å². The molecule has 1 N–H and O–H groups in total. The molecule has 0 saturated carbocycles. The maximum Gasteiger partial charge on any atom is 0.224 e. The summed E-state index contributed by atoms with van der Waals surface area (Å²) in [5.74, 6) is 1.31. The summed E-state index contributed by atoms with van der Waals surface area (Å²) in [5, 5.41) is 3.52. The summed E-state index contributed by atoms with van der Waals surface area (Å²) >= 11 is 5.82. The Balaban J connectivity index is 1.68. The van der Waals surface area contributed by atoms with E-state index in [2.05, 4.69) is 31.3 Å². The normalized spacial score (nSPS) is 10.6. The fourth-order valence-electron chi connectivity index (χ4n) is 2.16. The lowest BCUT2D eigenvalue weighted by Gasteiger charge is -2.10. The van der Waals surface area contributed by atoms with Crippen LogP contribution < -0.4 is 10.1 Å². The van der Waals surface area contributed by atoms with Crippen LogP contribution in [0, 0.1) is 0 Å². The zero-order chi connectivity index (χ0) is 16.7. The Labute approximate surface area is 142 Å². The Morgan fingerprint density at radius 2 is 1.74 bits per heavy atom. The smallest absolute Gasteiger partial charge is 0.224 e. The van der Waals surface area contributed by atoms with Crippen molar-refractivity contribution in [2.45, 2.75) is 26.2 Å². The van der Waals surface area contributed by atoms with Gasteiger partial charge < -0.3 is 10.1 Å². The van der Waals surface area contributed by atoms with Gasteiger partial charge in [-0.15, -0.1) is 0 Å². The summed E-state index contributed by atoms with van der Waals surface area (Å²) < 4.78 is 5.62. The van der Waals surface area contributed by atoms with E-state index < -0.39 is 0 Å². The predicted octanol–water partition coefficient (Wildman–Crippen LogP) is 4.20. The second-order valence-electron chi connectivity index (χ2n) is 5.73. The Morgan fingerprint density at radius 3 is 2.35 bits per heavy atom. The predicted molar refractivity (Wildman–Crippen MR) is 94.2 cm³/mol. The molecule has 2 aromatic carbocycles. The Hall–Kier alpha value is -2.00. The first-order chi connectivity index (χ1) is 11.0. The summed E-state index contributed by atoms with van der Waals surface area (Å²) in [6, 6.07) is 15.3. The fourth-order valence-corrected chi connectivity index (χ4v) is 2.28. The third kappa shape index (κ3) is 5.95. The average molecular weight is 332 g/mol. The minimum absolute atomic E-state index is 0.0221. The molecular formula is C19H22ClNO2. The van der Waals surface area contributed by atoms with Gasteiger partial charge in [0.15, 0.2) is 0 Å². The van der Waals surface area contributed by atoms with Crippen molar-refractivity contribution in [3.63, 3.8) is 0 Å². The monoisotopic (exact) mass is 331 g/mol. The van der Waals surface area contributed by atoms with Gasteiger partial charge in [0.2, 0.25) is 5.91 Å². The number of ether oxygens (including phenoxy) is 1. The number of rotatable bonds is 7. The largest absolute Gasteiger partial charge is 0.492 e. The van der Waals surface area contributed by atoms with Crippen LogP contribution in [0.3, 0.4) is 0 Å². The van der Waals surface area contributed by atoms with Crippen LogP contribution in [0.2, 0.25) is 5.02 Å². The molecule has 1 amide bonds. The highest BCUT2D eigenvalue weighted by Crippen LogP contribution is 2.18. The van der Waals surface area contributed by atoms with Crippen LogP contribution in [0.5, 0.6) is 5.75 Å². The molecule has 122 valence electrons. The molecule has 4 heteroatoms. The molecule has 3 nitrogen and oxygen atoms in total. The number of hydrogen-bond acceptors (Lipinski definition) is 2. The van der Waals surface area contributed by atoms with E-state index in [0.29, 0.717) is 30.5 Å². The third-order valence-corrected chi connectivity index (χ3v) is 3.77. The van der Waals surface area contributed by atoms with Gasteiger partial charge in [-0.1, -0.05) is 49.7 Å². The molecule has 0 unspecified atom stereocenters. The minimum Gasteiger partial charge on any atom is -0.492 e. The topological polar surface area (TPSA) is 38.3 Å². The molecule has 0 spiro atoms. The quantitative estimate of drug-likeness (QED) is 0.772. The molecular weight excluding hydrogens is 310 g/mol. The molecule has 0 aliphatic rings. The van der Waals surface area contributed by atoms with Crippen LogP contribution in [0.4, 0.5) is 0 Å². The Kier molecular flexibility index (Phi) is 6.48. The van der Waals surface area contributed by atoms with Crippen molar-refractivity contribution < 1.29 is 9.53 Å². The maximum atomic E-state index is 11.8. The molecule has 0 bridgehead atoms. The van der Waals surface area contributed by atoms with Crippen molar-refractivity contribution in [3.05, 3.63) is 64.7 Å². The second-order valence-corrected chi connectivity index (χ2v) is 6.16. The lowest BCUT2D eigenvalue weighted by atomic mass is 10.0. The van der Waals surface area contributed by atoms with E-state index in [1.807, 2.05) is 24.3 Å². The summed E-state index contributed by atoms with van der Waals surface area (Å²) in [7, 11) is 0. The number of benzene rings is 2. The molecule has 2 rings (SSSR count).